The van der Waals surface area contributed by atoms with Crippen molar-refractivity contribution in [3.05, 3.63) is 164 Å². The lowest BCUT2D eigenvalue weighted by molar-refractivity contribution is 0.465. The Hall–Kier alpha value is -5.48. The van der Waals surface area contributed by atoms with Crippen LogP contribution in [0.25, 0.3) is 22.3 Å². The lowest BCUT2D eigenvalue weighted by Gasteiger charge is -2.35. The van der Waals surface area contributed by atoms with Crippen molar-refractivity contribution in [3.8, 4) is 45.3 Å². The summed E-state index contributed by atoms with van der Waals surface area (Å²) in [4.78, 5) is 0. The average molecular weight is 649 g/mol. The van der Waals surface area contributed by atoms with Gasteiger partial charge in [0.05, 0.1) is 5.41 Å². The maximum Gasteiger partial charge on any atom is 0.121 e. The number of fused-ring (bicyclic) bond motifs is 3. The van der Waals surface area contributed by atoms with Crippen LogP contribution >= 0.6 is 0 Å². The van der Waals surface area contributed by atoms with Crippen LogP contribution in [0, 0.1) is 55.4 Å². The van der Waals surface area contributed by atoms with Gasteiger partial charge in [0, 0.05) is 0 Å². The molecule has 0 amide bonds. The van der Waals surface area contributed by atoms with Gasteiger partial charge in [-0.25, -0.2) is 0 Å². The van der Waals surface area contributed by atoms with Crippen molar-refractivity contribution in [1.82, 2.24) is 0 Å². The molecule has 0 heterocycles. The number of hydrogen-bond donors (Lipinski definition) is 4. The van der Waals surface area contributed by atoms with Gasteiger partial charge in [-0.05, 0) is 169 Å². The first-order chi connectivity index (χ1) is 23.2. The molecule has 4 heteroatoms. The van der Waals surface area contributed by atoms with E-state index in [0.717, 1.165) is 66.8 Å². The van der Waals surface area contributed by atoms with Gasteiger partial charge in [0.25, 0.3) is 0 Å². The average Bonchev–Trinajstić information content (AvgIpc) is 3.38. The van der Waals surface area contributed by atoms with Crippen molar-refractivity contribution in [2.24, 2.45) is 0 Å². The molecule has 0 saturated heterocycles. The van der Waals surface area contributed by atoms with E-state index in [-0.39, 0.29) is 0 Å². The highest BCUT2D eigenvalue weighted by Crippen LogP contribution is 2.57. The zero-order valence-corrected chi connectivity index (χ0v) is 29.5. The van der Waals surface area contributed by atoms with Crippen LogP contribution in [0.5, 0.6) is 23.0 Å². The number of hydrogen-bond acceptors (Lipinski definition) is 4. The Labute approximate surface area is 289 Å². The van der Waals surface area contributed by atoms with Crippen molar-refractivity contribution < 1.29 is 20.4 Å². The van der Waals surface area contributed by atoms with E-state index >= 15 is 0 Å². The summed E-state index contributed by atoms with van der Waals surface area (Å²) in [6.07, 6.45) is 0. The molecule has 0 saturated carbocycles. The number of aryl methyl sites for hydroxylation is 8. The number of phenolic OH excluding ortho intramolecular Hbond substituents is 4. The van der Waals surface area contributed by atoms with Gasteiger partial charge in [0.2, 0.25) is 0 Å². The van der Waals surface area contributed by atoms with E-state index in [1.54, 1.807) is 0 Å². The molecule has 248 valence electrons. The van der Waals surface area contributed by atoms with Crippen LogP contribution < -0.4 is 0 Å². The molecule has 0 radical (unpaired) electrons. The fraction of sp³-hybridized carbons (Fsp3) is 0.200. The summed E-state index contributed by atoms with van der Waals surface area (Å²) < 4.78 is 0. The minimum absolute atomic E-state index is 0.344. The van der Waals surface area contributed by atoms with Gasteiger partial charge in [0.1, 0.15) is 23.0 Å². The monoisotopic (exact) mass is 648 g/mol. The molecule has 7 rings (SSSR count). The number of rotatable bonds is 3. The molecule has 1 aliphatic rings. The Balaban J connectivity index is 0.000000197. The third kappa shape index (κ3) is 5.51. The van der Waals surface area contributed by atoms with Crippen molar-refractivity contribution >= 4 is 0 Å². The Bertz CT molecular complexity index is 2010. The molecule has 0 unspecified atom stereocenters. The summed E-state index contributed by atoms with van der Waals surface area (Å²) in [7, 11) is 0. The third-order valence-corrected chi connectivity index (χ3v) is 10.1. The van der Waals surface area contributed by atoms with Gasteiger partial charge in [-0.1, -0.05) is 72.8 Å². The zero-order valence-electron chi connectivity index (χ0n) is 29.5. The normalized spacial score (nSPS) is 12.6. The summed E-state index contributed by atoms with van der Waals surface area (Å²) in [6.45, 7) is 15.4. The van der Waals surface area contributed by atoms with Crippen LogP contribution in [0.3, 0.4) is 0 Å². The van der Waals surface area contributed by atoms with E-state index < -0.39 is 5.41 Å². The molecule has 6 aromatic carbocycles. The molecule has 0 fully saturated rings. The van der Waals surface area contributed by atoms with Crippen LogP contribution in [-0.2, 0) is 5.41 Å². The summed E-state index contributed by atoms with van der Waals surface area (Å²) in [5.41, 5.74) is 15.7. The standard InChI is InChI=1S/C29H26O2.C16H18O2/c1-17-13-21(14-18(2)27(17)30)29(22-15-19(3)28(31)20(4)16-22)25-11-7-5-9-23(25)24-10-6-8-12-26(24)29;1-9-5-13(6-10(2)15(9)17)14-7-11(3)16(18)12(4)8-14/h5-16,30-31H,1-4H3;5-8,17-18H,1-4H3. The minimum Gasteiger partial charge on any atom is -0.507 e. The summed E-state index contributed by atoms with van der Waals surface area (Å²) in [5, 5.41) is 40.6. The van der Waals surface area contributed by atoms with Crippen molar-refractivity contribution in [2.45, 2.75) is 60.8 Å². The van der Waals surface area contributed by atoms with Gasteiger partial charge >= 0.3 is 0 Å². The second kappa shape index (κ2) is 12.5. The highest BCUT2D eigenvalue weighted by atomic mass is 16.3. The fourth-order valence-corrected chi connectivity index (χ4v) is 7.61. The number of benzene rings is 6. The van der Waals surface area contributed by atoms with Crippen LogP contribution in [0.15, 0.2) is 97.1 Å². The fourth-order valence-electron chi connectivity index (χ4n) is 7.61. The van der Waals surface area contributed by atoms with Crippen LogP contribution in [-0.4, -0.2) is 20.4 Å². The van der Waals surface area contributed by atoms with Gasteiger partial charge in [0.15, 0.2) is 0 Å². The van der Waals surface area contributed by atoms with Crippen LogP contribution in [0.1, 0.15) is 66.8 Å². The highest BCUT2D eigenvalue weighted by molar-refractivity contribution is 5.86. The maximum atomic E-state index is 10.5. The Kier molecular flexibility index (Phi) is 8.54. The first-order valence-electron chi connectivity index (χ1n) is 16.7. The summed E-state index contributed by atoms with van der Waals surface area (Å²) in [5.74, 6) is 1.39. The molecule has 4 N–H and O–H groups in total. The Morgan fingerprint density at radius 1 is 0.347 bits per heavy atom. The molecule has 6 aromatic rings. The van der Waals surface area contributed by atoms with E-state index in [1.807, 2.05) is 79.7 Å². The smallest absolute Gasteiger partial charge is 0.121 e. The van der Waals surface area contributed by atoms with E-state index in [4.69, 9.17) is 0 Å². The summed E-state index contributed by atoms with van der Waals surface area (Å²) in [6, 6.07) is 33.5. The Morgan fingerprint density at radius 2 is 0.592 bits per heavy atom. The number of phenols is 4. The third-order valence-electron chi connectivity index (χ3n) is 10.1. The summed E-state index contributed by atoms with van der Waals surface area (Å²) >= 11 is 0. The molecule has 49 heavy (non-hydrogen) atoms. The highest BCUT2D eigenvalue weighted by Gasteiger charge is 2.46. The van der Waals surface area contributed by atoms with E-state index in [2.05, 4.69) is 72.8 Å². The van der Waals surface area contributed by atoms with E-state index in [9.17, 15) is 20.4 Å². The lowest BCUT2D eigenvalue weighted by atomic mass is 9.66. The van der Waals surface area contributed by atoms with Gasteiger partial charge in [-0.3, -0.25) is 0 Å². The number of aromatic hydroxyl groups is 4. The molecular formula is C45H44O4. The largest absolute Gasteiger partial charge is 0.507 e. The zero-order chi connectivity index (χ0) is 35.4. The molecule has 0 aromatic heterocycles. The predicted molar refractivity (Wildman–Crippen MR) is 200 cm³/mol. The van der Waals surface area contributed by atoms with Crippen molar-refractivity contribution in [2.75, 3.05) is 0 Å². The maximum absolute atomic E-state index is 10.5. The van der Waals surface area contributed by atoms with Gasteiger partial charge in [-0.15, -0.1) is 0 Å². The lowest BCUT2D eigenvalue weighted by Crippen LogP contribution is -2.29. The molecule has 0 atom stereocenters. The second-order valence-corrected chi connectivity index (χ2v) is 13.7. The van der Waals surface area contributed by atoms with Crippen molar-refractivity contribution in [1.29, 1.82) is 0 Å². The first-order valence-corrected chi connectivity index (χ1v) is 16.7. The first kappa shape index (κ1) is 33.4. The van der Waals surface area contributed by atoms with Crippen molar-refractivity contribution in [3.63, 3.8) is 0 Å². The van der Waals surface area contributed by atoms with Gasteiger partial charge < -0.3 is 20.4 Å². The minimum atomic E-state index is -0.528. The molecule has 4 nitrogen and oxygen atoms in total. The van der Waals surface area contributed by atoms with Gasteiger partial charge in [-0.2, -0.15) is 0 Å². The Morgan fingerprint density at radius 3 is 0.878 bits per heavy atom. The predicted octanol–water partition coefficient (Wildman–Crippen LogP) is 10.7. The molecule has 0 spiro atoms. The van der Waals surface area contributed by atoms with E-state index in [0.29, 0.717) is 23.0 Å². The SMILES string of the molecule is Cc1cc(-c2cc(C)c(O)c(C)c2)cc(C)c1O.Cc1cc(C2(c3cc(C)c(O)c(C)c3)c3ccccc3-c3ccccc32)cc(C)c1O. The molecule has 0 aliphatic heterocycles. The topological polar surface area (TPSA) is 80.9 Å². The molecule has 0 bridgehead atoms. The molecular weight excluding hydrogens is 604 g/mol. The van der Waals surface area contributed by atoms with Crippen LogP contribution in [0.4, 0.5) is 0 Å². The van der Waals surface area contributed by atoms with Crippen LogP contribution in [0.2, 0.25) is 0 Å². The van der Waals surface area contributed by atoms with E-state index in [1.165, 1.54) is 22.3 Å². The molecule has 1 aliphatic carbocycles. The quantitative estimate of drug-likeness (QED) is 0.154. The second-order valence-electron chi connectivity index (χ2n) is 13.7.